The van der Waals surface area contributed by atoms with Gasteiger partial charge in [0.1, 0.15) is 0 Å². The van der Waals surface area contributed by atoms with Gasteiger partial charge in [-0.1, -0.05) is 75.0 Å². The van der Waals surface area contributed by atoms with E-state index in [-0.39, 0.29) is 6.10 Å². The number of aliphatic hydroxyl groups is 1. The summed E-state index contributed by atoms with van der Waals surface area (Å²) in [5.41, 5.74) is 5.10. The third-order valence-corrected chi connectivity index (χ3v) is 7.03. The predicted octanol–water partition coefficient (Wildman–Crippen LogP) is 7.81. The SMILES string of the molecule is CCC/C=C\C[C@H](CC/C=C/c1cc(C)cc(C)c1COCC[Si](C)(C)C)OC(C)(C)O. The van der Waals surface area contributed by atoms with E-state index in [0.29, 0.717) is 6.61 Å². The van der Waals surface area contributed by atoms with Crippen molar-refractivity contribution in [3.05, 3.63) is 52.6 Å². The molecule has 182 valence electrons. The molecule has 0 radical (unpaired) electrons. The number of benzene rings is 1. The average molecular weight is 461 g/mol. The fourth-order valence-corrected chi connectivity index (χ4v) is 4.34. The van der Waals surface area contributed by atoms with Crippen LogP contribution in [0, 0.1) is 13.8 Å². The van der Waals surface area contributed by atoms with Gasteiger partial charge in [-0.2, -0.15) is 0 Å². The first-order valence-corrected chi connectivity index (χ1v) is 16.0. The van der Waals surface area contributed by atoms with Gasteiger partial charge < -0.3 is 14.6 Å². The van der Waals surface area contributed by atoms with Gasteiger partial charge in [-0.05, 0) is 76.1 Å². The molecular formula is C28H48O3Si. The number of hydrogen-bond acceptors (Lipinski definition) is 3. The molecule has 3 nitrogen and oxygen atoms in total. The maximum Gasteiger partial charge on any atom is 0.160 e. The van der Waals surface area contributed by atoms with Gasteiger partial charge >= 0.3 is 0 Å². The lowest BCUT2D eigenvalue weighted by Gasteiger charge is -2.25. The van der Waals surface area contributed by atoms with Crippen LogP contribution in [-0.4, -0.2) is 31.7 Å². The zero-order valence-electron chi connectivity index (χ0n) is 22.0. The second-order valence-corrected chi connectivity index (χ2v) is 16.3. The van der Waals surface area contributed by atoms with Crippen molar-refractivity contribution in [2.75, 3.05) is 6.61 Å². The lowest BCUT2D eigenvalue weighted by Crippen LogP contribution is -2.29. The van der Waals surface area contributed by atoms with Crippen LogP contribution >= 0.6 is 0 Å². The van der Waals surface area contributed by atoms with Gasteiger partial charge in [-0.3, -0.25) is 0 Å². The largest absolute Gasteiger partial charge is 0.377 e. The molecule has 4 heteroatoms. The highest BCUT2D eigenvalue weighted by molar-refractivity contribution is 6.76. The second-order valence-electron chi connectivity index (χ2n) is 10.7. The second kappa shape index (κ2) is 14.1. The molecule has 0 aliphatic carbocycles. The summed E-state index contributed by atoms with van der Waals surface area (Å²) in [6.07, 6.45) is 13.7. The van der Waals surface area contributed by atoms with Crippen molar-refractivity contribution < 1.29 is 14.6 Å². The fourth-order valence-electron chi connectivity index (χ4n) is 3.59. The van der Waals surface area contributed by atoms with Crippen LogP contribution in [0.3, 0.4) is 0 Å². The van der Waals surface area contributed by atoms with Gasteiger partial charge in [-0.25, -0.2) is 0 Å². The lowest BCUT2D eigenvalue weighted by atomic mass is 9.98. The van der Waals surface area contributed by atoms with Crippen molar-refractivity contribution in [2.45, 2.75) is 111 Å². The Morgan fingerprint density at radius 3 is 2.41 bits per heavy atom. The molecular weight excluding hydrogens is 412 g/mol. The molecule has 0 bridgehead atoms. The van der Waals surface area contributed by atoms with E-state index in [9.17, 15) is 5.11 Å². The molecule has 1 N–H and O–H groups in total. The normalized spacial score (nSPS) is 14.0. The van der Waals surface area contributed by atoms with Crippen molar-refractivity contribution in [2.24, 2.45) is 0 Å². The zero-order chi connectivity index (χ0) is 24.2. The number of unbranched alkanes of at least 4 members (excludes halogenated alkanes) is 1. The number of hydrogen-bond donors (Lipinski definition) is 1. The molecule has 0 saturated carbocycles. The summed E-state index contributed by atoms with van der Waals surface area (Å²) in [6, 6.07) is 5.68. The van der Waals surface area contributed by atoms with E-state index in [2.05, 4.69) is 76.8 Å². The molecule has 0 fully saturated rings. The van der Waals surface area contributed by atoms with E-state index in [1.54, 1.807) is 13.8 Å². The topological polar surface area (TPSA) is 38.7 Å². The highest BCUT2D eigenvalue weighted by Gasteiger charge is 2.19. The van der Waals surface area contributed by atoms with Crippen molar-refractivity contribution in [1.29, 1.82) is 0 Å². The summed E-state index contributed by atoms with van der Waals surface area (Å²) < 4.78 is 11.9. The Morgan fingerprint density at radius 2 is 1.78 bits per heavy atom. The van der Waals surface area contributed by atoms with E-state index in [1.165, 1.54) is 28.3 Å². The monoisotopic (exact) mass is 460 g/mol. The minimum absolute atomic E-state index is 0.0105. The van der Waals surface area contributed by atoms with E-state index in [0.717, 1.165) is 38.7 Å². The smallest absolute Gasteiger partial charge is 0.160 e. The van der Waals surface area contributed by atoms with E-state index in [1.807, 2.05) is 0 Å². The quantitative estimate of drug-likeness (QED) is 0.125. The molecule has 1 rings (SSSR count). The fraction of sp³-hybridized carbons (Fsp3) is 0.643. The summed E-state index contributed by atoms with van der Waals surface area (Å²) in [6.45, 7) is 18.6. The molecule has 0 aliphatic heterocycles. The summed E-state index contributed by atoms with van der Waals surface area (Å²) in [5.74, 6) is -1.11. The van der Waals surface area contributed by atoms with E-state index in [4.69, 9.17) is 9.47 Å². The Hall–Kier alpha value is -1.20. The predicted molar refractivity (Wildman–Crippen MR) is 142 cm³/mol. The first-order chi connectivity index (χ1) is 14.9. The molecule has 0 aromatic heterocycles. The van der Waals surface area contributed by atoms with Crippen LogP contribution in [0.4, 0.5) is 0 Å². The maximum absolute atomic E-state index is 10.1. The summed E-state index contributed by atoms with van der Waals surface area (Å²) >= 11 is 0. The lowest BCUT2D eigenvalue weighted by molar-refractivity contribution is -0.205. The Balaban J connectivity index is 2.76. The van der Waals surface area contributed by atoms with Gasteiger partial charge in [0, 0.05) is 14.7 Å². The number of rotatable bonds is 15. The van der Waals surface area contributed by atoms with Gasteiger partial charge in [0.15, 0.2) is 5.79 Å². The van der Waals surface area contributed by atoms with Crippen LogP contribution < -0.4 is 0 Å². The standard InChI is InChI=1S/C28H48O3Si/c1-9-10-11-12-16-26(31-28(4,5)29)17-14-13-15-25-21-23(2)20-24(3)27(25)22-30-18-19-32(6,7)8/h11-13,15,20-21,26,29H,9-10,14,16-19,22H2,1-8H3/b12-11-,15-13+/t26-/m1/s1. The van der Waals surface area contributed by atoms with Crippen LogP contribution in [0.25, 0.3) is 6.08 Å². The molecule has 0 amide bonds. The minimum Gasteiger partial charge on any atom is -0.377 e. The molecule has 1 aromatic carbocycles. The maximum atomic E-state index is 10.1. The first-order valence-electron chi connectivity index (χ1n) is 12.3. The van der Waals surface area contributed by atoms with Crippen molar-refractivity contribution in [3.8, 4) is 0 Å². The number of aryl methyl sites for hydroxylation is 2. The number of ether oxygens (including phenoxy) is 2. The summed E-state index contributed by atoms with van der Waals surface area (Å²) in [7, 11) is -1.07. The average Bonchev–Trinajstić information content (AvgIpc) is 2.64. The summed E-state index contributed by atoms with van der Waals surface area (Å²) in [4.78, 5) is 0. The molecule has 0 heterocycles. The third kappa shape index (κ3) is 13.4. The van der Waals surface area contributed by atoms with Crippen LogP contribution in [0.5, 0.6) is 0 Å². The molecule has 32 heavy (non-hydrogen) atoms. The van der Waals surface area contributed by atoms with Crippen molar-refractivity contribution in [3.63, 3.8) is 0 Å². The Morgan fingerprint density at radius 1 is 1.06 bits per heavy atom. The van der Waals surface area contributed by atoms with Gasteiger partial charge in [0.25, 0.3) is 0 Å². The highest BCUT2D eigenvalue weighted by Crippen LogP contribution is 2.22. The first kappa shape index (κ1) is 28.8. The Bertz CT molecular complexity index is 723. The molecule has 1 atom stereocenters. The van der Waals surface area contributed by atoms with Crippen LogP contribution in [0.1, 0.15) is 75.1 Å². The molecule has 1 aromatic rings. The Kier molecular flexibility index (Phi) is 12.7. The summed E-state index contributed by atoms with van der Waals surface area (Å²) in [5, 5.41) is 10.1. The van der Waals surface area contributed by atoms with E-state index < -0.39 is 13.9 Å². The van der Waals surface area contributed by atoms with Crippen LogP contribution in [-0.2, 0) is 16.1 Å². The molecule has 0 unspecified atom stereocenters. The van der Waals surface area contributed by atoms with Crippen molar-refractivity contribution >= 4 is 14.1 Å². The number of allylic oxidation sites excluding steroid dienone is 2. The molecule has 0 aliphatic rings. The van der Waals surface area contributed by atoms with Gasteiger partial charge in [-0.15, -0.1) is 0 Å². The Labute approximate surface area is 198 Å². The van der Waals surface area contributed by atoms with E-state index >= 15 is 0 Å². The van der Waals surface area contributed by atoms with Crippen LogP contribution in [0.15, 0.2) is 30.4 Å². The van der Waals surface area contributed by atoms with Crippen molar-refractivity contribution in [1.82, 2.24) is 0 Å². The van der Waals surface area contributed by atoms with Crippen LogP contribution in [0.2, 0.25) is 25.7 Å². The van der Waals surface area contributed by atoms with Gasteiger partial charge in [0.2, 0.25) is 0 Å². The van der Waals surface area contributed by atoms with Gasteiger partial charge in [0.05, 0.1) is 12.7 Å². The minimum atomic E-state index is -1.11. The molecule has 0 saturated heterocycles. The third-order valence-electron chi connectivity index (χ3n) is 5.32. The highest BCUT2D eigenvalue weighted by atomic mass is 28.3. The zero-order valence-corrected chi connectivity index (χ0v) is 23.0. The molecule has 0 spiro atoms.